The van der Waals surface area contributed by atoms with E-state index in [4.69, 9.17) is 0 Å². The molecule has 0 amide bonds. The second-order valence-corrected chi connectivity index (χ2v) is 5.51. The van der Waals surface area contributed by atoms with Crippen molar-refractivity contribution in [1.82, 2.24) is 15.0 Å². The minimum Gasteiger partial charge on any atom is -0.344 e. The van der Waals surface area contributed by atoms with Crippen LogP contribution in [0.25, 0.3) is 11.2 Å². The van der Waals surface area contributed by atoms with E-state index in [2.05, 4.69) is 21.9 Å². The summed E-state index contributed by atoms with van der Waals surface area (Å²) in [4.78, 5) is 24.4. The molecule has 0 radical (unpaired) electrons. The normalized spacial score (nSPS) is 18.3. The smallest absolute Gasteiger partial charge is 0.172 e. The van der Waals surface area contributed by atoms with Crippen LogP contribution >= 0.6 is 0 Å². The lowest BCUT2D eigenvalue weighted by atomic mass is 9.81. The molecule has 92 valence electrons. The van der Waals surface area contributed by atoms with Gasteiger partial charge < -0.3 is 4.98 Å². The molecule has 2 aromatic heterocycles. The van der Waals surface area contributed by atoms with Crippen LogP contribution in [0.15, 0.2) is 12.4 Å². The molecule has 5 heteroatoms. The van der Waals surface area contributed by atoms with Gasteiger partial charge in [0.2, 0.25) is 0 Å². The monoisotopic (exact) mass is 241 g/mol. The quantitative estimate of drug-likeness (QED) is 0.629. The highest BCUT2D eigenvalue weighted by molar-refractivity contribution is 6.31. The second kappa shape index (κ2) is 3.94. The molecule has 2 aromatic rings. The van der Waals surface area contributed by atoms with Crippen LogP contribution < -0.4 is 5.59 Å². The Morgan fingerprint density at radius 2 is 2.17 bits per heavy atom. The summed E-state index contributed by atoms with van der Waals surface area (Å²) in [6, 6.07) is 0. The molecule has 0 aromatic carbocycles. The molecule has 0 unspecified atom stereocenters. The van der Waals surface area contributed by atoms with Crippen molar-refractivity contribution in [2.24, 2.45) is 5.41 Å². The maximum absolute atomic E-state index is 12.7. The Bertz CT molecular complexity index is 614. The van der Waals surface area contributed by atoms with Crippen molar-refractivity contribution >= 4 is 30.4 Å². The number of H-pyrrole nitrogens is 1. The topological polar surface area (TPSA) is 58.6 Å². The van der Waals surface area contributed by atoms with Gasteiger partial charge in [-0.05, 0) is 12.8 Å². The summed E-state index contributed by atoms with van der Waals surface area (Å²) >= 11 is 0. The minimum atomic E-state index is -0.208. The number of carbonyl (C=O) groups is 1. The molecule has 2 heterocycles. The largest absolute Gasteiger partial charge is 0.344 e. The second-order valence-electron chi connectivity index (χ2n) is 5.51. The van der Waals surface area contributed by atoms with E-state index in [1.807, 2.05) is 7.85 Å². The molecule has 0 atom stereocenters. The maximum Gasteiger partial charge on any atom is 0.172 e. The zero-order chi connectivity index (χ0) is 12.8. The van der Waals surface area contributed by atoms with Crippen molar-refractivity contribution in [3.63, 3.8) is 0 Å². The van der Waals surface area contributed by atoms with Crippen LogP contribution in [0, 0.1) is 5.41 Å². The SMILES string of the molecule is Bc1cnc2[nH]cc(C(=O)C3(C)CCCC3)c2n1. The van der Waals surface area contributed by atoms with Crippen molar-refractivity contribution in [2.45, 2.75) is 32.6 Å². The summed E-state index contributed by atoms with van der Waals surface area (Å²) in [5.41, 5.74) is 2.75. The fourth-order valence-corrected chi connectivity index (χ4v) is 2.86. The van der Waals surface area contributed by atoms with Gasteiger partial charge in [-0.2, -0.15) is 0 Å². The molecular formula is C13H16BN3O. The number of hydrogen-bond acceptors (Lipinski definition) is 3. The molecule has 1 N–H and O–H groups in total. The van der Waals surface area contributed by atoms with Crippen LogP contribution in [0.3, 0.4) is 0 Å². The predicted molar refractivity (Wildman–Crippen MR) is 73.0 cm³/mol. The van der Waals surface area contributed by atoms with E-state index in [1.54, 1.807) is 12.4 Å². The van der Waals surface area contributed by atoms with Crippen LogP contribution in [0.1, 0.15) is 43.0 Å². The Morgan fingerprint density at radius 1 is 1.44 bits per heavy atom. The Labute approximate surface area is 107 Å². The average Bonchev–Trinajstić information content (AvgIpc) is 2.95. The van der Waals surface area contributed by atoms with Gasteiger partial charge in [0.25, 0.3) is 0 Å². The van der Waals surface area contributed by atoms with E-state index in [1.165, 1.54) is 0 Å². The van der Waals surface area contributed by atoms with Gasteiger partial charge in [0.15, 0.2) is 19.3 Å². The number of rotatable bonds is 2. The number of aromatic amines is 1. The molecule has 18 heavy (non-hydrogen) atoms. The summed E-state index contributed by atoms with van der Waals surface area (Å²) in [5, 5.41) is 0. The zero-order valence-corrected chi connectivity index (χ0v) is 10.8. The lowest BCUT2D eigenvalue weighted by Crippen LogP contribution is -2.24. The first-order chi connectivity index (χ1) is 8.60. The van der Waals surface area contributed by atoms with Crippen LogP contribution in [0.5, 0.6) is 0 Å². The lowest BCUT2D eigenvalue weighted by Gasteiger charge is -2.20. The molecular weight excluding hydrogens is 225 g/mol. The summed E-state index contributed by atoms with van der Waals surface area (Å²) in [6.45, 7) is 2.07. The predicted octanol–water partition coefficient (Wildman–Crippen LogP) is 0.979. The highest BCUT2D eigenvalue weighted by atomic mass is 16.1. The van der Waals surface area contributed by atoms with Crippen LogP contribution in [0.4, 0.5) is 0 Å². The van der Waals surface area contributed by atoms with E-state index in [0.717, 1.165) is 31.3 Å². The van der Waals surface area contributed by atoms with E-state index >= 15 is 0 Å². The molecule has 1 aliphatic carbocycles. The molecule has 0 saturated heterocycles. The first kappa shape index (κ1) is 11.4. The Morgan fingerprint density at radius 3 is 2.89 bits per heavy atom. The van der Waals surface area contributed by atoms with E-state index in [0.29, 0.717) is 16.7 Å². The van der Waals surface area contributed by atoms with E-state index in [-0.39, 0.29) is 11.2 Å². The van der Waals surface area contributed by atoms with Crippen LogP contribution in [-0.2, 0) is 0 Å². The summed E-state index contributed by atoms with van der Waals surface area (Å²) in [6.07, 6.45) is 7.74. The van der Waals surface area contributed by atoms with Gasteiger partial charge in [-0.1, -0.05) is 19.8 Å². The summed E-state index contributed by atoms with van der Waals surface area (Å²) in [5.74, 6) is 0.214. The van der Waals surface area contributed by atoms with Gasteiger partial charge in [-0.15, -0.1) is 0 Å². The standard InChI is InChI=1S/C13H16BN3O/c1-13(4-2-3-5-13)11(18)8-6-15-12-10(8)17-9(14)7-16-12/h6-7H,2-5,14H2,1H3,(H,15,16). The number of ketones is 1. The van der Waals surface area contributed by atoms with Crippen LogP contribution in [-0.4, -0.2) is 28.6 Å². The molecule has 1 fully saturated rings. The van der Waals surface area contributed by atoms with E-state index < -0.39 is 0 Å². The number of nitrogens with one attached hydrogen (secondary N) is 1. The van der Waals surface area contributed by atoms with Gasteiger partial charge in [-0.25, -0.2) is 4.98 Å². The third kappa shape index (κ3) is 1.65. The number of aromatic nitrogens is 3. The molecule has 4 nitrogen and oxygen atoms in total. The molecule has 3 rings (SSSR count). The molecule has 0 aliphatic heterocycles. The zero-order valence-electron chi connectivity index (χ0n) is 10.8. The first-order valence-corrected chi connectivity index (χ1v) is 6.46. The first-order valence-electron chi connectivity index (χ1n) is 6.46. The number of hydrogen-bond donors (Lipinski definition) is 1. The molecule has 0 spiro atoms. The maximum atomic E-state index is 12.7. The number of nitrogens with zero attached hydrogens (tertiary/aromatic N) is 2. The highest BCUT2D eigenvalue weighted by Gasteiger charge is 2.37. The number of carbonyl (C=O) groups excluding carboxylic acids is 1. The Kier molecular flexibility index (Phi) is 2.50. The van der Waals surface area contributed by atoms with Crippen molar-refractivity contribution in [1.29, 1.82) is 0 Å². The minimum absolute atomic E-state index is 0.208. The van der Waals surface area contributed by atoms with Gasteiger partial charge in [0.1, 0.15) is 5.52 Å². The number of fused-ring (bicyclic) bond motifs is 1. The van der Waals surface area contributed by atoms with Gasteiger partial charge in [-0.3, -0.25) is 9.78 Å². The van der Waals surface area contributed by atoms with Gasteiger partial charge >= 0.3 is 0 Å². The fraction of sp³-hybridized carbons (Fsp3) is 0.462. The third-order valence-corrected chi connectivity index (χ3v) is 4.00. The third-order valence-electron chi connectivity index (χ3n) is 4.00. The van der Waals surface area contributed by atoms with Gasteiger partial charge in [0, 0.05) is 23.4 Å². The number of Topliss-reactive ketones (excluding diaryl/α,β-unsaturated/α-hetero) is 1. The van der Waals surface area contributed by atoms with Crippen LogP contribution in [0.2, 0.25) is 0 Å². The van der Waals surface area contributed by atoms with Gasteiger partial charge in [0.05, 0.1) is 5.56 Å². The summed E-state index contributed by atoms with van der Waals surface area (Å²) < 4.78 is 0. The molecule has 1 aliphatic rings. The summed E-state index contributed by atoms with van der Waals surface area (Å²) in [7, 11) is 1.89. The highest BCUT2D eigenvalue weighted by Crippen LogP contribution is 2.40. The Balaban J connectivity index is 2.09. The van der Waals surface area contributed by atoms with Crippen molar-refractivity contribution < 1.29 is 4.79 Å². The average molecular weight is 241 g/mol. The lowest BCUT2D eigenvalue weighted by molar-refractivity contribution is 0.0825. The molecule has 1 saturated carbocycles. The van der Waals surface area contributed by atoms with Crippen molar-refractivity contribution in [2.75, 3.05) is 0 Å². The van der Waals surface area contributed by atoms with Crippen molar-refractivity contribution in [3.8, 4) is 0 Å². The molecule has 0 bridgehead atoms. The van der Waals surface area contributed by atoms with E-state index in [9.17, 15) is 4.79 Å². The van der Waals surface area contributed by atoms with Crippen molar-refractivity contribution in [3.05, 3.63) is 18.0 Å². The fourth-order valence-electron chi connectivity index (χ4n) is 2.86. The Hall–Kier alpha value is -1.65.